The number of piperidine rings is 1. The van der Waals surface area contributed by atoms with Gasteiger partial charge in [0, 0.05) is 24.4 Å². The molecule has 7 nitrogen and oxygen atoms in total. The Morgan fingerprint density at radius 2 is 1.97 bits per heavy atom. The maximum absolute atomic E-state index is 14.6. The number of fused-ring (bicyclic) bond motifs is 2. The second-order valence-corrected chi connectivity index (χ2v) is 7.19. The first kappa shape index (κ1) is 18.4. The van der Waals surface area contributed by atoms with Crippen molar-refractivity contribution in [3.8, 4) is 5.88 Å². The second-order valence-electron chi connectivity index (χ2n) is 7.19. The standard InChI is InChI=1S/C21H17F2N5O2/c22-21(23)10-11-27(20(29)17-7-3-5-15-12-24-26-28(15)17)13-18(21)30-19-9-8-14-4-1-2-6-16(14)25-19/h1-9,12,18H,10-11,13H2/t18-/m0/s1. The number of aromatic nitrogens is 4. The van der Waals surface area contributed by atoms with E-state index in [1.165, 1.54) is 15.6 Å². The summed E-state index contributed by atoms with van der Waals surface area (Å²) in [4.78, 5) is 18.7. The van der Waals surface area contributed by atoms with Crippen molar-refractivity contribution < 1.29 is 18.3 Å². The number of ether oxygens (including phenoxy) is 1. The third-order valence-electron chi connectivity index (χ3n) is 5.24. The predicted molar refractivity (Wildman–Crippen MR) is 105 cm³/mol. The molecule has 30 heavy (non-hydrogen) atoms. The molecule has 0 N–H and O–H groups in total. The maximum atomic E-state index is 14.6. The summed E-state index contributed by atoms with van der Waals surface area (Å²) in [6, 6.07) is 15.8. The third kappa shape index (κ3) is 3.22. The molecule has 1 aliphatic heterocycles. The second kappa shape index (κ2) is 7.01. The van der Waals surface area contributed by atoms with Gasteiger partial charge >= 0.3 is 0 Å². The Morgan fingerprint density at radius 3 is 2.87 bits per heavy atom. The molecule has 4 heterocycles. The molecule has 1 atom stereocenters. The Kier molecular flexibility index (Phi) is 4.30. The van der Waals surface area contributed by atoms with E-state index < -0.39 is 24.4 Å². The van der Waals surface area contributed by atoms with E-state index >= 15 is 0 Å². The molecule has 0 spiro atoms. The van der Waals surface area contributed by atoms with Gasteiger partial charge in [-0.05, 0) is 24.3 Å². The Labute approximate surface area is 169 Å². The van der Waals surface area contributed by atoms with Crippen molar-refractivity contribution in [1.29, 1.82) is 0 Å². The zero-order valence-corrected chi connectivity index (χ0v) is 15.8. The van der Waals surface area contributed by atoms with E-state index in [9.17, 15) is 13.6 Å². The minimum Gasteiger partial charge on any atom is -0.466 e. The summed E-state index contributed by atoms with van der Waals surface area (Å²) in [5.74, 6) is -3.38. The molecule has 0 radical (unpaired) electrons. The van der Waals surface area contributed by atoms with Crippen LogP contribution in [0.3, 0.4) is 0 Å². The van der Waals surface area contributed by atoms with Gasteiger partial charge in [-0.15, -0.1) is 5.10 Å². The molecule has 0 bridgehead atoms. The van der Waals surface area contributed by atoms with E-state index in [1.54, 1.807) is 36.4 Å². The molecule has 1 aromatic carbocycles. The highest BCUT2D eigenvalue weighted by Gasteiger charge is 2.47. The highest BCUT2D eigenvalue weighted by Crippen LogP contribution is 2.32. The molecule has 0 unspecified atom stereocenters. The lowest BCUT2D eigenvalue weighted by molar-refractivity contribution is -0.131. The number of amides is 1. The van der Waals surface area contributed by atoms with Gasteiger partial charge in [0.15, 0.2) is 6.10 Å². The number of para-hydroxylation sites is 1. The summed E-state index contributed by atoms with van der Waals surface area (Å²) in [7, 11) is 0. The summed E-state index contributed by atoms with van der Waals surface area (Å²) in [6.07, 6.45) is -0.471. The summed E-state index contributed by atoms with van der Waals surface area (Å²) >= 11 is 0. The number of pyridine rings is 2. The number of benzene rings is 1. The van der Waals surface area contributed by atoms with E-state index in [2.05, 4.69) is 15.3 Å². The fraction of sp³-hybridized carbons (Fsp3) is 0.238. The number of hydrogen-bond donors (Lipinski definition) is 0. The first-order valence-corrected chi connectivity index (χ1v) is 9.50. The van der Waals surface area contributed by atoms with Crippen molar-refractivity contribution in [2.45, 2.75) is 18.4 Å². The first-order chi connectivity index (χ1) is 14.5. The Hall–Kier alpha value is -3.62. The molecule has 0 saturated carbocycles. The normalized spacial score (nSPS) is 18.6. The molecule has 1 fully saturated rings. The average Bonchev–Trinajstić information content (AvgIpc) is 3.23. The van der Waals surface area contributed by atoms with E-state index in [0.29, 0.717) is 11.0 Å². The van der Waals surface area contributed by atoms with Crippen molar-refractivity contribution in [2.75, 3.05) is 13.1 Å². The monoisotopic (exact) mass is 409 g/mol. The van der Waals surface area contributed by atoms with Crippen molar-refractivity contribution in [3.63, 3.8) is 0 Å². The van der Waals surface area contributed by atoms with Crippen LogP contribution >= 0.6 is 0 Å². The first-order valence-electron chi connectivity index (χ1n) is 9.50. The average molecular weight is 409 g/mol. The molecule has 4 aromatic rings. The molecule has 1 aliphatic rings. The zero-order chi connectivity index (χ0) is 20.7. The highest BCUT2D eigenvalue weighted by molar-refractivity contribution is 5.93. The lowest BCUT2D eigenvalue weighted by Crippen LogP contribution is -2.55. The number of carbonyl (C=O) groups excluding carboxylic acids is 1. The number of rotatable bonds is 3. The van der Waals surface area contributed by atoms with Gasteiger partial charge in [0.1, 0.15) is 5.69 Å². The summed E-state index contributed by atoms with van der Waals surface area (Å²) in [5, 5.41) is 8.59. The molecule has 0 aliphatic carbocycles. The smallest absolute Gasteiger partial charge is 0.287 e. The fourth-order valence-corrected chi connectivity index (χ4v) is 3.61. The van der Waals surface area contributed by atoms with E-state index in [0.717, 1.165) is 5.39 Å². The molecule has 5 rings (SSSR count). The quantitative estimate of drug-likeness (QED) is 0.520. The minimum absolute atomic E-state index is 0.0814. The Balaban J connectivity index is 1.40. The van der Waals surface area contributed by atoms with Crippen molar-refractivity contribution in [2.24, 2.45) is 0 Å². The minimum atomic E-state index is -3.08. The van der Waals surface area contributed by atoms with Crippen LogP contribution < -0.4 is 4.74 Å². The number of likely N-dealkylation sites (tertiary alicyclic amines) is 1. The van der Waals surface area contributed by atoms with Gasteiger partial charge in [-0.2, -0.15) is 0 Å². The van der Waals surface area contributed by atoms with Crippen LogP contribution in [0.25, 0.3) is 16.4 Å². The van der Waals surface area contributed by atoms with Gasteiger partial charge in [0.2, 0.25) is 5.88 Å². The molecule has 1 amide bonds. The van der Waals surface area contributed by atoms with E-state index in [1.807, 2.05) is 18.2 Å². The number of alkyl halides is 2. The molecular weight excluding hydrogens is 392 g/mol. The van der Waals surface area contributed by atoms with Gasteiger partial charge in [-0.3, -0.25) is 4.79 Å². The van der Waals surface area contributed by atoms with Crippen LogP contribution in [-0.4, -0.2) is 55.7 Å². The van der Waals surface area contributed by atoms with Crippen LogP contribution in [0.1, 0.15) is 16.9 Å². The molecule has 3 aromatic heterocycles. The van der Waals surface area contributed by atoms with E-state index in [4.69, 9.17) is 4.74 Å². The number of halogens is 2. The van der Waals surface area contributed by atoms with Gasteiger partial charge in [0.05, 0.1) is 23.8 Å². The van der Waals surface area contributed by atoms with Crippen LogP contribution in [0.2, 0.25) is 0 Å². The maximum Gasteiger partial charge on any atom is 0.287 e. The van der Waals surface area contributed by atoms with Gasteiger partial charge in [-0.1, -0.05) is 29.5 Å². The van der Waals surface area contributed by atoms with Gasteiger partial charge < -0.3 is 9.64 Å². The molecule has 1 saturated heterocycles. The molecule has 152 valence electrons. The molecule has 9 heteroatoms. The van der Waals surface area contributed by atoms with Crippen molar-refractivity contribution in [1.82, 2.24) is 24.7 Å². The summed E-state index contributed by atoms with van der Waals surface area (Å²) in [6.45, 7) is -0.340. The highest BCUT2D eigenvalue weighted by atomic mass is 19.3. The summed E-state index contributed by atoms with van der Waals surface area (Å²) in [5.41, 5.74) is 1.56. The third-order valence-corrected chi connectivity index (χ3v) is 5.24. The van der Waals surface area contributed by atoms with Crippen LogP contribution in [0, 0.1) is 0 Å². The number of carbonyl (C=O) groups is 1. The summed E-state index contributed by atoms with van der Waals surface area (Å²) < 4.78 is 36.2. The van der Waals surface area contributed by atoms with Crippen molar-refractivity contribution in [3.05, 3.63) is 66.5 Å². The van der Waals surface area contributed by atoms with Crippen LogP contribution in [0.4, 0.5) is 8.78 Å². The Morgan fingerprint density at radius 1 is 1.10 bits per heavy atom. The molecular formula is C21H17F2N5O2. The van der Waals surface area contributed by atoms with Gasteiger partial charge in [-0.25, -0.2) is 18.3 Å². The topological polar surface area (TPSA) is 72.6 Å². The SMILES string of the molecule is O=C(c1cccc2cnnn12)N1CCC(F)(F)[C@@H](Oc2ccc3ccccc3n2)C1. The number of hydrogen-bond acceptors (Lipinski definition) is 5. The van der Waals surface area contributed by atoms with E-state index in [-0.39, 0.29) is 24.7 Å². The zero-order valence-electron chi connectivity index (χ0n) is 15.8. The lowest BCUT2D eigenvalue weighted by atomic mass is 10.0. The van der Waals surface area contributed by atoms with Crippen molar-refractivity contribution >= 4 is 22.3 Å². The predicted octanol–water partition coefficient (Wildman–Crippen LogP) is 3.21. The lowest BCUT2D eigenvalue weighted by Gasteiger charge is -2.37. The van der Waals surface area contributed by atoms with Gasteiger partial charge in [0.25, 0.3) is 11.8 Å². The van der Waals surface area contributed by atoms with Crippen LogP contribution in [0.15, 0.2) is 60.8 Å². The number of nitrogens with zero attached hydrogens (tertiary/aromatic N) is 5. The fourth-order valence-electron chi connectivity index (χ4n) is 3.61. The van der Waals surface area contributed by atoms with Crippen LogP contribution in [0.5, 0.6) is 5.88 Å². The largest absolute Gasteiger partial charge is 0.466 e. The van der Waals surface area contributed by atoms with Crippen LogP contribution in [-0.2, 0) is 0 Å². The Bertz CT molecular complexity index is 1240.